The minimum atomic E-state index is 0.666. The first kappa shape index (κ1) is 13.9. The van der Waals surface area contributed by atoms with Crippen molar-refractivity contribution in [2.24, 2.45) is 0 Å². The molecule has 2 nitrogen and oxygen atoms in total. The van der Waals surface area contributed by atoms with Gasteiger partial charge >= 0.3 is 0 Å². The molecule has 1 saturated heterocycles. The molecule has 1 N–H and O–H groups in total. The quantitative estimate of drug-likeness (QED) is 0.882. The van der Waals surface area contributed by atoms with Crippen LogP contribution in [0.15, 0.2) is 24.3 Å². The standard InChI is InChI=1S/C15H23ClN2/c1-12(2)18-10-8-15(11-18)17-9-7-13-3-5-14(16)6-4-13/h3-6,12,15,17H,7-11H2,1-2H3. The Kier molecular flexibility index (Phi) is 5.04. The fourth-order valence-corrected chi connectivity index (χ4v) is 2.62. The summed E-state index contributed by atoms with van der Waals surface area (Å²) in [7, 11) is 0. The van der Waals surface area contributed by atoms with Crippen molar-refractivity contribution in [3.8, 4) is 0 Å². The largest absolute Gasteiger partial charge is 0.312 e. The Balaban J connectivity index is 1.68. The van der Waals surface area contributed by atoms with Gasteiger partial charge in [-0.1, -0.05) is 23.7 Å². The lowest BCUT2D eigenvalue weighted by Gasteiger charge is -2.20. The summed E-state index contributed by atoms with van der Waals surface area (Å²) in [6.45, 7) is 8.03. The Morgan fingerprint density at radius 3 is 2.67 bits per heavy atom. The van der Waals surface area contributed by atoms with E-state index in [0.29, 0.717) is 12.1 Å². The van der Waals surface area contributed by atoms with Crippen molar-refractivity contribution in [2.75, 3.05) is 19.6 Å². The molecule has 1 fully saturated rings. The minimum absolute atomic E-state index is 0.666. The molecule has 18 heavy (non-hydrogen) atoms. The van der Waals surface area contributed by atoms with Gasteiger partial charge in [-0.05, 0) is 57.5 Å². The van der Waals surface area contributed by atoms with Crippen LogP contribution in [-0.2, 0) is 6.42 Å². The van der Waals surface area contributed by atoms with E-state index in [2.05, 4.69) is 36.2 Å². The van der Waals surface area contributed by atoms with Crippen molar-refractivity contribution in [1.29, 1.82) is 0 Å². The molecule has 1 atom stereocenters. The van der Waals surface area contributed by atoms with E-state index in [9.17, 15) is 0 Å². The van der Waals surface area contributed by atoms with E-state index in [1.54, 1.807) is 0 Å². The molecule has 1 heterocycles. The second-order valence-electron chi connectivity index (χ2n) is 5.40. The van der Waals surface area contributed by atoms with E-state index < -0.39 is 0 Å². The van der Waals surface area contributed by atoms with Gasteiger partial charge in [0.15, 0.2) is 0 Å². The summed E-state index contributed by atoms with van der Waals surface area (Å²) >= 11 is 5.87. The molecule has 0 radical (unpaired) electrons. The van der Waals surface area contributed by atoms with Crippen LogP contribution in [0.1, 0.15) is 25.8 Å². The van der Waals surface area contributed by atoms with E-state index in [-0.39, 0.29) is 0 Å². The summed E-state index contributed by atoms with van der Waals surface area (Å²) in [5.74, 6) is 0. The number of rotatable bonds is 5. The second-order valence-corrected chi connectivity index (χ2v) is 5.84. The van der Waals surface area contributed by atoms with E-state index in [1.807, 2.05) is 12.1 Å². The van der Waals surface area contributed by atoms with Crippen molar-refractivity contribution in [2.45, 2.75) is 38.8 Å². The van der Waals surface area contributed by atoms with E-state index in [0.717, 1.165) is 18.0 Å². The van der Waals surface area contributed by atoms with Gasteiger partial charge in [0.05, 0.1) is 0 Å². The number of hydrogen-bond acceptors (Lipinski definition) is 2. The van der Waals surface area contributed by atoms with Crippen LogP contribution in [0.3, 0.4) is 0 Å². The molecule has 0 amide bonds. The van der Waals surface area contributed by atoms with Gasteiger partial charge in [-0.3, -0.25) is 4.90 Å². The van der Waals surface area contributed by atoms with Crippen LogP contribution >= 0.6 is 11.6 Å². The maximum atomic E-state index is 5.87. The lowest BCUT2D eigenvalue weighted by Crippen LogP contribution is -2.36. The number of nitrogens with one attached hydrogen (secondary N) is 1. The number of nitrogens with zero attached hydrogens (tertiary/aromatic N) is 1. The maximum Gasteiger partial charge on any atom is 0.0406 e. The van der Waals surface area contributed by atoms with Crippen LogP contribution in [0.4, 0.5) is 0 Å². The van der Waals surface area contributed by atoms with Crippen LogP contribution in [0.2, 0.25) is 5.02 Å². The summed E-state index contributed by atoms with van der Waals surface area (Å²) in [6.07, 6.45) is 2.36. The minimum Gasteiger partial charge on any atom is -0.312 e. The first-order chi connectivity index (χ1) is 8.65. The van der Waals surface area contributed by atoms with Crippen molar-refractivity contribution < 1.29 is 0 Å². The fourth-order valence-electron chi connectivity index (χ4n) is 2.49. The summed E-state index contributed by atoms with van der Waals surface area (Å²) < 4.78 is 0. The SMILES string of the molecule is CC(C)N1CCC(NCCc2ccc(Cl)cc2)C1. The molecule has 100 valence electrons. The molecule has 0 aromatic heterocycles. The van der Waals surface area contributed by atoms with Gasteiger partial charge in [-0.2, -0.15) is 0 Å². The third-order valence-corrected chi connectivity index (χ3v) is 3.96. The monoisotopic (exact) mass is 266 g/mol. The number of halogens is 1. The molecule has 1 aromatic carbocycles. The average Bonchev–Trinajstić information content (AvgIpc) is 2.81. The van der Waals surface area contributed by atoms with Crippen molar-refractivity contribution in [3.05, 3.63) is 34.9 Å². The normalized spacial score (nSPS) is 20.8. The van der Waals surface area contributed by atoms with Gasteiger partial charge in [0.25, 0.3) is 0 Å². The zero-order valence-electron chi connectivity index (χ0n) is 11.3. The Labute approximate surface area is 115 Å². The average molecular weight is 267 g/mol. The molecule has 1 aromatic rings. The summed E-state index contributed by atoms with van der Waals surface area (Å²) in [6, 6.07) is 9.49. The summed E-state index contributed by atoms with van der Waals surface area (Å²) in [5, 5.41) is 4.47. The Morgan fingerprint density at radius 2 is 2.06 bits per heavy atom. The molecular weight excluding hydrogens is 244 g/mol. The summed E-state index contributed by atoms with van der Waals surface area (Å²) in [4.78, 5) is 2.54. The Hall–Kier alpha value is -0.570. The highest BCUT2D eigenvalue weighted by Crippen LogP contribution is 2.13. The van der Waals surface area contributed by atoms with Crippen molar-refractivity contribution in [3.63, 3.8) is 0 Å². The van der Waals surface area contributed by atoms with Crippen molar-refractivity contribution in [1.82, 2.24) is 10.2 Å². The molecule has 1 aliphatic heterocycles. The third-order valence-electron chi connectivity index (χ3n) is 3.71. The van der Waals surface area contributed by atoms with Gasteiger partial charge in [0.1, 0.15) is 0 Å². The highest BCUT2D eigenvalue weighted by atomic mass is 35.5. The molecule has 0 saturated carbocycles. The predicted octanol–water partition coefficient (Wildman–Crippen LogP) is 2.95. The van der Waals surface area contributed by atoms with E-state index in [4.69, 9.17) is 11.6 Å². The van der Waals surface area contributed by atoms with Crippen LogP contribution in [0.5, 0.6) is 0 Å². The van der Waals surface area contributed by atoms with Crippen LogP contribution in [0, 0.1) is 0 Å². The van der Waals surface area contributed by atoms with Crippen LogP contribution < -0.4 is 5.32 Å². The van der Waals surface area contributed by atoms with Gasteiger partial charge in [-0.15, -0.1) is 0 Å². The third kappa shape index (κ3) is 3.98. The molecule has 0 aliphatic carbocycles. The predicted molar refractivity (Wildman–Crippen MR) is 78.3 cm³/mol. The molecule has 2 rings (SSSR count). The number of likely N-dealkylation sites (tertiary alicyclic amines) is 1. The number of benzene rings is 1. The summed E-state index contributed by atoms with van der Waals surface area (Å²) in [5.41, 5.74) is 1.35. The lowest BCUT2D eigenvalue weighted by molar-refractivity contribution is 0.268. The molecular formula is C15H23ClN2. The highest BCUT2D eigenvalue weighted by molar-refractivity contribution is 6.30. The Bertz CT molecular complexity index is 361. The fraction of sp³-hybridized carbons (Fsp3) is 0.600. The topological polar surface area (TPSA) is 15.3 Å². The first-order valence-corrected chi connectivity index (χ1v) is 7.25. The van der Waals surface area contributed by atoms with E-state index in [1.165, 1.54) is 25.1 Å². The van der Waals surface area contributed by atoms with Gasteiger partial charge in [-0.25, -0.2) is 0 Å². The second kappa shape index (κ2) is 6.55. The van der Waals surface area contributed by atoms with Crippen molar-refractivity contribution >= 4 is 11.6 Å². The molecule has 0 spiro atoms. The Morgan fingerprint density at radius 1 is 1.33 bits per heavy atom. The van der Waals surface area contributed by atoms with Crippen LogP contribution in [-0.4, -0.2) is 36.6 Å². The number of hydrogen-bond donors (Lipinski definition) is 1. The zero-order valence-corrected chi connectivity index (χ0v) is 12.1. The van der Waals surface area contributed by atoms with Gasteiger partial charge in [0.2, 0.25) is 0 Å². The zero-order chi connectivity index (χ0) is 13.0. The maximum absolute atomic E-state index is 5.87. The van der Waals surface area contributed by atoms with E-state index >= 15 is 0 Å². The molecule has 0 bridgehead atoms. The molecule has 1 unspecified atom stereocenters. The lowest BCUT2D eigenvalue weighted by atomic mass is 10.1. The molecule has 1 aliphatic rings. The molecule has 3 heteroatoms. The van der Waals surface area contributed by atoms with Gasteiger partial charge in [0, 0.05) is 23.7 Å². The highest BCUT2D eigenvalue weighted by Gasteiger charge is 2.23. The first-order valence-electron chi connectivity index (χ1n) is 6.87. The van der Waals surface area contributed by atoms with Crippen LogP contribution in [0.25, 0.3) is 0 Å². The smallest absolute Gasteiger partial charge is 0.0406 e. The van der Waals surface area contributed by atoms with Gasteiger partial charge < -0.3 is 5.32 Å².